The summed E-state index contributed by atoms with van der Waals surface area (Å²) in [5.74, 6) is -0.190. The molecule has 0 rings (SSSR count). The van der Waals surface area contributed by atoms with E-state index < -0.39 is 20.0 Å². The molecule has 0 saturated heterocycles. The minimum Gasteiger partial charge on any atom is -0.387 e. The molecule has 0 bridgehead atoms. The fraction of sp³-hybridized carbons (Fsp3) is 0.883. The number of hydrogen-bond acceptors (Lipinski definition) is 5. The third-order valence-electron chi connectivity index (χ3n) is 13.7. The first-order valence-corrected chi connectivity index (χ1v) is 31.3. The van der Waals surface area contributed by atoms with Crippen LogP contribution in [0.4, 0.5) is 0 Å². The first kappa shape index (κ1) is 67.7. The number of phosphoric acid groups is 1. The van der Waals surface area contributed by atoms with E-state index in [4.69, 9.17) is 9.05 Å². The van der Waals surface area contributed by atoms with Crippen LogP contribution in [0.1, 0.15) is 290 Å². The van der Waals surface area contributed by atoms with Crippen molar-refractivity contribution in [3.63, 3.8) is 0 Å². The summed E-state index contributed by atoms with van der Waals surface area (Å²) in [6.07, 6.45) is 67.6. The quantitative estimate of drug-likeness (QED) is 0.0243. The van der Waals surface area contributed by atoms with Crippen LogP contribution in [-0.4, -0.2) is 73.4 Å². The molecule has 9 heteroatoms. The van der Waals surface area contributed by atoms with Gasteiger partial charge in [0, 0.05) is 6.42 Å². The molecule has 0 saturated carbocycles. The Bertz CT molecular complexity index is 1220. The molecule has 408 valence electrons. The number of nitrogens with one attached hydrogen (secondary N) is 1. The van der Waals surface area contributed by atoms with E-state index in [9.17, 15) is 19.4 Å². The molecule has 0 aliphatic carbocycles. The van der Waals surface area contributed by atoms with Crippen molar-refractivity contribution in [3.8, 4) is 0 Å². The largest absolute Gasteiger partial charge is 0.472 e. The lowest BCUT2D eigenvalue weighted by atomic mass is 10.0. The fourth-order valence-corrected chi connectivity index (χ4v) is 9.76. The second kappa shape index (κ2) is 51.6. The lowest BCUT2D eigenvalue weighted by molar-refractivity contribution is -0.870. The maximum absolute atomic E-state index is 12.9. The molecule has 0 aliphatic rings. The zero-order chi connectivity index (χ0) is 50.6. The SMILES string of the molecule is C/C=C/CC/C=C/CC/C=C/C(O)C(COP(=O)(O)OCC[N+](C)(C)C)NC(=O)CCCCCCCCCCCCCCCCCCCCCCCCCCCCCCCCCCCCCCCC. The fourth-order valence-electron chi connectivity index (χ4n) is 9.03. The zero-order valence-electron chi connectivity index (χ0n) is 46.6. The van der Waals surface area contributed by atoms with E-state index in [1.54, 1.807) is 6.08 Å². The highest BCUT2D eigenvalue weighted by Gasteiger charge is 2.27. The highest BCUT2D eigenvalue weighted by atomic mass is 31.2. The summed E-state index contributed by atoms with van der Waals surface area (Å²) in [5, 5.41) is 13.8. The molecule has 0 spiro atoms. The van der Waals surface area contributed by atoms with Gasteiger partial charge in [0.1, 0.15) is 13.2 Å². The number of aliphatic hydroxyl groups excluding tert-OH is 1. The van der Waals surface area contributed by atoms with Gasteiger partial charge in [-0.25, -0.2) is 4.57 Å². The van der Waals surface area contributed by atoms with Crippen molar-refractivity contribution in [2.75, 3.05) is 40.9 Å². The number of amides is 1. The van der Waals surface area contributed by atoms with Gasteiger partial charge in [-0.15, -0.1) is 0 Å². The summed E-state index contributed by atoms with van der Waals surface area (Å²) < 4.78 is 23.5. The number of allylic oxidation sites excluding steroid dienone is 5. The maximum Gasteiger partial charge on any atom is 0.472 e. The smallest absolute Gasteiger partial charge is 0.387 e. The summed E-state index contributed by atoms with van der Waals surface area (Å²) in [4.78, 5) is 23.1. The van der Waals surface area contributed by atoms with Crippen LogP contribution in [0.15, 0.2) is 36.5 Å². The van der Waals surface area contributed by atoms with Gasteiger partial charge in [0.05, 0.1) is 39.9 Å². The Hall–Kier alpha value is -1.28. The van der Waals surface area contributed by atoms with E-state index in [0.717, 1.165) is 44.9 Å². The summed E-state index contributed by atoms with van der Waals surface area (Å²) in [6, 6.07) is -0.865. The van der Waals surface area contributed by atoms with E-state index in [0.29, 0.717) is 17.4 Å². The third kappa shape index (κ3) is 54.3. The van der Waals surface area contributed by atoms with Crippen LogP contribution in [-0.2, 0) is 18.4 Å². The molecular formula is C60H118N2O6P+. The van der Waals surface area contributed by atoms with Gasteiger partial charge in [-0.3, -0.25) is 13.8 Å². The molecule has 3 atom stereocenters. The Morgan fingerprint density at radius 1 is 0.507 bits per heavy atom. The van der Waals surface area contributed by atoms with Gasteiger partial charge in [-0.2, -0.15) is 0 Å². The van der Waals surface area contributed by atoms with Crippen LogP contribution < -0.4 is 5.32 Å². The molecule has 0 aromatic carbocycles. The molecule has 0 aromatic heterocycles. The van der Waals surface area contributed by atoms with E-state index in [-0.39, 0.29) is 19.1 Å². The number of carbonyl (C=O) groups excluding carboxylic acids is 1. The van der Waals surface area contributed by atoms with Crippen molar-refractivity contribution in [1.29, 1.82) is 0 Å². The molecule has 8 nitrogen and oxygen atoms in total. The van der Waals surface area contributed by atoms with Crippen LogP contribution in [0.2, 0.25) is 0 Å². The van der Waals surface area contributed by atoms with Gasteiger partial charge in [0.15, 0.2) is 0 Å². The second-order valence-electron chi connectivity index (χ2n) is 21.7. The second-order valence-corrected chi connectivity index (χ2v) is 23.2. The predicted molar refractivity (Wildman–Crippen MR) is 300 cm³/mol. The van der Waals surface area contributed by atoms with E-state index in [1.165, 1.54) is 225 Å². The van der Waals surface area contributed by atoms with E-state index in [1.807, 2.05) is 34.1 Å². The molecule has 69 heavy (non-hydrogen) atoms. The normalized spacial score (nSPS) is 14.1. The first-order valence-electron chi connectivity index (χ1n) is 29.8. The Kier molecular flexibility index (Phi) is 50.7. The Labute approximate surface area is 429 Å². The van der Waals surface area contributed by atoms with Crippen LogP contribution in [0, 0.1) is 0 Å². The number of hydrogen-bond donors (Lipinski definition) is 3. The van der Waals surface area contributed by atoms with Crippen molar-refractivity contribution in [2.24, 2.45) is 0 Å². The molecule has 1 amide bonds. The molecule has 0 radical (unpaired) electrons. The highest BCUT2D eigenvalue weighted by molar-refractivity contribution is 7.47. The predicted octanol–water partition coefficient (Wildman–Crippen LogP) is 18.2. The van der Waals surface area contributed by atoms with Crippen molar-refractivity contribution in [3.05, 3.63) is 36.5 Å². The van der Waals surface area contributed by atoms with Crippen LogP contribution in [0.3, 0.4) is 0 Å². The summed E-state index contributed by atoms with van der Waals surface area (Å²) in [7, 11) is 1.55. The number of rotatable bonds is 55. The minimum absolute atomic E-state index is 0.0544. The van der Waals surface area contributed by atoms with Crippen molar-refractivity contribution in [1.82, 2.24) is 5.32 Å². The first-order chi connectivity index (χ1) is 33.5. The van der Waals surface area contributed by atoms with Crippen LogP contribution >= 0.6 is 7.82 Å². The van der Waals surface area contributed by atoms with E-state index >= 15 is 0 Å². The Balaban J connectivity index is 3.78. The number of nitrogens with zero attached hydrogens (tertiary/aromatic N) is 1. The standard InChI is InChI=1S/C60H117N2O6P/c1-6-8-10-12-14-16-17-18-19-20-21-22-23-24-25-26-27-28-29-30-31-32-33-34-35-36-37-38-39-40-41-42-43-44-46-48-50-52-54-60(64)61-58(57-68-69(65,66)67-56-55-62(3,4)5)59(63)53-51-49-47-45-15-13-11-9-7-2/h7,9,15,45,51,53,58-59,63H,6,8,10-14,16-44,46-50,52,54-57H2,1-5H3,(H-,61,64,65,66)/p+1/b9-7+,45-15+,53-51+. The van der Waals surface area contributed by atoms with Crippen LogP contribution in [0.25, 0.3) is 0 Å². The topological polar surface area (TPSA) is 105 Å². The van der Waals surface area contributed by atoms with Crippen molar-refractivity contribution in [2.45, 2.75) is 302 Å². The van der Waals surface area contributed by atoms with Gasteiger partial charge >= 0.3 is 7.82 Å². The molecule has 0 aromatic rings. The number of aliphatic hydroxyl groups is 1. The highest BCUT2D eigenvalue weighted by Crippen LogP contribution is 2.43. The lowest BCUT2D eigenvalue weighted by Gasteiger charge is -2.25. The molecule has 3 N–H and O–H groups in total. The molecule has 3 unspecified atom stereocenters. The summed E-state index contributed by atoms with van der Waals surface area (Å²) in [6.45, 7) is 4.58. The lowest BCUT2D eigenvalue weighted by Crippen LogP contribution is -2.45. The van der Waals surface area contributed by atoms with Gasteiger partial charge in [-0.05, 0) is 39.0 Å². The Morgan fingerprint density at radius 3 is 1.16 bits per heavy atom. The monoisotopic (exact) mass is 994 g/mol. The van der Waals surface area contributed by atoms with Crippen molar-refractivity contribution < 1.29 is 32.9 Å². The van der Waals surface area contributed by atoms with Gasteiger partial charge < -0.3 is 19.8 Å². The van der Waals surface area contributed by atoms with Crippen LogP contribution in [0.5, 0.6) is 0 Å². The number of phosphoric ester groups is 1. The van der Waals surface area contributed by atoms with Crippen molar-refractivity contribution >= 4 is 13.7 Å². The number of quaternary nitrogens is 1. The van der Waals surface area contributed by atoms with Gasteiger partial charge in [-0.1, -0.05) is 281 Å². The maximum atomic E-state index is 12.9. The number of carbonyl (C=O) groups is 1. The van der Waals surface area contributed by atoms with Gasteiger partial charge in [0.2, 0.25) is 5.91 Å². The average Bonchev–Trinajstić information content (AvgIpc) is 3.31. The summed E-state index contributed by atoms with van der Waals surface area (Å²) in [5.41, 5.74) is 0. The molecule has 0 heterocycles. The Morgan fingerprint density at radius 2 is 0.826 bits per heavy atom. The third-order valence-corrected chi connectivity index (χ3v) is 14.7. The average molecular weight is 995 g/mol. The molecule has 0 aliphatic heterocycles. The number of unbranched alkanes of at least 4 members (excludes halogenated alkanes) is 39. The van der Waals surface area contributed by atoms with Gasteiger partial charge in [0.25, 0.3) is 0 Å². The molecule has 0 fully saturated rings. The summed E-state index contributed by atoms with van der Waals surface area (Å²) >= 11 is 0. The minimum atomic E-state index is -4.35. The number of likely N-dealkylation sites (N-methyl/N-ethyl adjacent to an activating group) is 1. The molecular weight excluding hydrogens is 876 g/mol. The van der Waals surface area contributed by atoms with E-state index in [2.05, 4.69) is 36.5 Å². The zero-order valence-corrected chi connectivity index (χ0v) is 47.5.